The van der Waals surface area contributed by atoms with E-state index in [9.17, 15) is 0 Å². The Morgan fingerprint density at radius 1 is 1.11 bits per heavy atom. The number of imidazole rings is 1. The van der Waals surface area contributed by atoms with Crippen LogP contribution in [0.2, 0.25) is 5.15 Å². The summed E-state index contributed by atoms with van der Waals surface area (Å²) in [5.74, 6) is 0.917. The molecule has 0 unspecified atom stereocenters. The lowest BCUT2D eigenvalue weighted by molar-refractivity contribution is 0.967. The van der Waals surface area contributed by atoms with Crippen LogP contribution in [-0.4, -0.2) is 19.5 Å². The summed E-state index contributed by atoms with van der Waals surface area (Å²) in [5.41, 5.74) is 2.55. The van der Waals surface area contributed by atoms with Gasteiger partial charge in [0.05, 0.1) is 16.9 Å². The number of rotatable bonds is 2. The van der Waals surface area contributed by atoms with Crippen LogP contribution in [-0.2, 0) is 5.88 Å². The first-order chi connectivity index (χ1) is 8.81. The fraction of sp³-hybridized carbons (Fsp3) is 0.0833. The molecular weight excluding hydrogens is 271 g/mol. The van der Waals surface area contributed by atoms with Gasteiger partial charge in [0, 0.05) is 5.56 Å². The van der Waals surface area contributed by atoms with Gasteiger partial charge in [0.25, 0.3) is 0 Å². The van der Waals surface area contributed by atoms with Gasteiger partial charge in [-0.05, 0) is 12.1 Å². The SMILES string of the molecule is ClCc1c(Cl)ncnc1-n1cnc2ccccc21. The van der Waals surface area contributed by atoms with Crippen LogP contribution in [0.5, 0.6) is 0 Å². The van der Waals surface area contributed by atoms with Crippen molar-refractivity contribution in [3.05, 3.63) is 47.6 Å². The Balaban J connectivity index is 2.30. The van der Waals surface area contributed by atoms with Gasteiger partial charge < -0.3 is 0 Å². The van der Waals surface area contributed by atoms with E-state index in [1.54, 1.807) is 6.33 Å². The Hall–Kier alpha value is -1.65. The van der Waals surface area contributed by atoms with Crippen molar-refractivity contribution >= 4 is 34.2 Å². The molecule has 4 nitrogen and oxygen atoms in total. The molecule has 0 fully saturated rings. The highest BCUT2D eigenvalue weighted by atomic mass is 35.5. The molecule has 0 bridgehead atoms. The number of aromatic nitrogens is 4. The Morgan fingerprint density at radius 2 is 1.94 bits per heavy atom. The van der Waals surface area contributed by atoms with Crippen molar-refractivity contribution in [2.24, 2.45) is 0 Å². The van der Waals surface area contributed by atoms with Gasteiger partial charge in [-0.15, -0.1) is 11.6 Å². The molecule has 0 spiro atoms. The van der Waals surface area contributed by atoms with Crippen molar-refractivity contribution < 1.29 is 0 Å². The van der Waals surface area contributed by atoms with E-state index in [4.69, 9.17) is 23.2 Å². The zero-order valence-corrected chi connectivity index (χ0v) is 10.7. The maximum atomic E-state index is 6.03. The first kappa shape index (κ1) is 11.4. The van der Waals surface area contributed by atoms with Crippen LogP contribution in [0.15, 0.2) is 36.9 Å². The monoisotopic (exact) mass is 278 g/mol. The average Bonchev–Trinajstić information content (AvgIpc) is 2.82. The van der Waals surface area contributed by atoms with Crippen LogP contribution in [0.4, 0.5) is 0 Å². The molecule has 0 aliphatic heterocycles. The molecule has 0 N–H and O–H groups in total. The van der Waals surface area contributed by atoms with Crippen molar-refractivity contribution in [2.75, 3.05) is 0 Å². The summed E-state index contributed by atoms with van der Waals surface area (Å²) >= 11 is 11.9. The molecule has 3 rings (SSSR count). The maximum absolute atomic E-state index is 6.03. The van der Waals surface area contributed by atoms with Crippen molar-refractivity contribution in [1.29, 1.82) is 0 Å². The van der Waals surface area contributed by atoms with Gasteiger partial charge in [-0.2, -0.15) is 0 Å². The van der Waals surface area contributed by atoms with Crippen LogP contribution in [0.25, 0.3) is 16.9 Å². The minimum absolute atomic E-state index is 0.252. The summed E-state index contributed by atoms with van der Waals surface area (Å²) in [7, 11) is 0. The summed E-state index contributed by atoms with van der Waals surface area (Å²) in [4.78, 5) is 12.5. The summed E-state index contributed by atoms with van der Waals surface area (Å²) in [6.45, 7) is 0. The van der Waals surface area contributed by atoms with E-state index in [-0.39, 0.29) is 5.88 Å². The van der Waals surface area contributed by atoms with Gasteiger partial charge in [0.15, 0.2) is 0 Å². The molecule has 0 saturated heterocycles. The van der Waals surface area contributed by atoms with Crippen molar-refractivity contribution in [3.63, 3.8) is 0 Å². The van der Waals surface area contributed by atoms with Gasteiger partial charge in [-0.25, -0.2) is 15.0 Å². The highest BCUT2D eigenvalue weighted by molar-refractivity contribution is 6.31. The summed E-state index contributed by atoms with van der Waals surface area (Å²) in [6.07, 6.45) is 3.13. The van der Waals surface area contributed by atoms with Crippen LogP contribution >= 0.6 is 23.2 Å². The van der Waals surface area contributed by atoms with E-state index in [0.29, 0.717) is 16.5 Å². The van der Waals surface area contributed by atoms with Crippen LogP contribution in [0, 0.1) is 0 Å². The molecule has 0 radical (unpaired) electrons. The molecule has 2 aromatic heterocycles. The molecule has 0 atom stereocenters. The van der Waals surface area contributed by atoms with E-state index in [1.807, 2.05) is 28.8 Å². The Bertz CT molecular complexity index is 708. The third-order valence-electron chi connectivity index (χ3n) is 2.69. The average molecular weight is 279 g/mol. The molecule has 2 heterocycles. The molecule has 6 heteroatoms. The topological polar surface area (TPSA) is 43.6 Å². The number of nitrogens with zero attached hydrogens (tertiary/aromatic N) is 4. The Morgan fingerprint density at radius 3 is 2.78 bits per heavy atom. The number of hydrogen-bond acceptors (Lipinski definition) is 3. The number of halogens is 2. The number of hydrogen-bond donors (Lipinski definition) is 0. The molecule has 0 saturated carbocycles. The normalized spacial score (nSPS) is 11.0. The predicted molar refractivity (Wildman–Crippen MR) is 71.2 cm³/mol. The van der Waals surface area contributed by atoms with E-state index in [0.717, 1.165) is 11.0 Å². The summed E-state index contributed by atoms with van der Waals surface area (Å²) in [5, 5.41) is 0.368. The fourth-order valence-corrected chi connectivity index (χ4v) is 2.34. The number of alkyl halides is 1. The van der Waals surface area contributed by atoms with E-state index in [1.165, 1.54) is 6.33 Å². The second-order valence-electron chi connectivity index (χ2n) is 3.70. The van der Waals surface area contributed by atoms with E-state index in [2.05, 4.69) is 15.0 Å². The van der Waals surface area contributed by atoms with Crippen molar-refractivity contribution in [2.45, 2.75) is 5.88 Å². The second-order valence-corrected chi connectivity index (χ2v) is 4.33. The quantitative estimate of drug-likeness (QED) is 0.534. The van der Waals surface area contributed by atoms with Crippen LogP contribution in [0.1, 0.15) is 5.56 Å². The van der Waals surface area contributed by atoms with E-state index >= 15 is 0 Å². The smallest absolute Gasteiger partial charge is 0.147 e. The minimum Gasteiger partial charge on any atom is -0.283 e. The highest BCUT2D eigenvalue weighted by Gasteiger charge is 2.12. The standard InChI is InChI=1S/C12H8Cl2N4/c13-5-8-11(14)15-6-16-12(8)18-7-17-9-3-1-2-4-10(9)18/h1-4,6-7H,5H2. The lowest BCUT2D eigenvalue weighted by Crippen LogP contribution is -2.02. The summed E-state index contributed by atoms with van der Waals surface area (Å²) in [6, 6.07) is 7.80. The number of para-hydroxylation sites is 2. The number of benzene rings is 1. The predicted octanol–water partition coefficient (Wildman–Crippen LogP) is 3.21. The van der Waals surface area contributed by atoms with Crippen molar-refractivity contribution in [1.82, 2.24) is 19.5 Å². The molecule has 0 aliphatic rings. The Labute approximate surface area is 113 Å². The summed E-state index contributed by atoms with van der Waals surface area (Å²) < 4.78 is 1.86. The van der Waals surface area contributed by atoms with Gasteiger partial charge in [-0.1, -0.05) is 23.7 Å². The van der Waals surface area contributed by atoms with Gasteiger partial charge in [0.2, 0.25) is 0 Å². The third kappa shape index (κ3) is 1.74. The second kappa shape index (κ2) is 4.55. The van der Waals surface area contributed by atoms with Crippen molar-refractivity contribution in [3.8, 4) is 5.82 Å². The molecule has 3 aromatic rings. The molecule has 0 aliphatic carbocycles. The highest BCUT2D eigenvalue weighted by Crippen LogP contribution is 2.24. The molecule has 90 valence electrons. The molecular formula is C12H8Cl2N4. The largest absolute Gasteiger partial charge is 0.283 e. The number of fused-ring (bicyclic) bond motifs is 1. The first-order valence-electron chi connectivity index (χ1n) is 5.29. The lowest BCUT2D eigenvalue weighted by atomic mass is 10.3. The van der Waals surface area contributed by atoms with Gasteiger partial charge in [-0.3, -0.25) is 4.57 Å². The van der Waals surface area contributed by atoms with Crippen LogP contribution < -0.4 is 0 Å². The molecule has 0 amide bonds. The van der Waals surface area contributed by atoms with Gasteiger partial charge >= 0.3 is 0 Å². The fourth-order valence-electron chi connectivity index (χ4n) is 1.83. The lowest BCUT2D eigenvalue weighted by Gasteiger charge is -2.08. The maximum Gasteiger partial charge on any atom is 0.147 e. The minimum atomic E-state index is 0.252. The van der Waals surface area contributed by atoms with E-state index < -0.39 is 0 Å². The molecule has 18 heavy (non-hydrogen) atoms. The van der Waals surface area contributed by atoms with Crippen LogP contribution in [0.3, 0.4) is 0 Å². The molecule has 1 aromatic carbocycles. The first-order valence-corrected chi connectivity index (χ1v) is 6.20. The zero-order chi connectivity index (χ0) is 12.5. The van der Waals surface area contributed by atoms with Gasteiger partial charge in [0.1, 0.15) is 23.6 Å². The third-order valence-corrected chi connectivity index (χ3v) is 3.28. The Kier molecular flexibility index (Phi) is 2.89. The zero-order valence-electron chi connectivity index (χ0n) is 9.22.